The lowest BCUT2D eigenvalue weighted by Gasteiger charge is -2.03. The molecule has 14 heavy (non-hydrogen) atoms. The number of hydrogen-bond acceptors (Lipinski definition) is 2. The number of fused-ring (bicyclic) bond motifs is 1. The summed E-state index contributed by atoms with van der Waals surface area (Å²) in [6, 6.07) is 2.34. The summed E-state index contributed by atoms with van der Waals surface area (Å²) in [6.07, 6.45) is 1.37. The molecule has 1 heterocycles. The lowest BCUT2D eigenvalue weighted by Crippen LogP contribution is -1.90. The molecule has 5 heteroatoms. The molecule has 2 aromatic rings. The smallest absolute Gasteiger partial charge is 0.159 e. The van der Waals surface area contributed by atoms with Crippen LogP contribution >= 0.6 is 11.6 Å². The Balaban J connectivity index is 2.87. The van der Waals surface area contributed by atoms with Gasteiger partial charge in [0, 0.05) is 10.8 Å². The molecule has 2 nitrogen and oxygen atoms in total. The Morgan fingerprint density at radius 2 is 2.07 bits per heavy atom. The van der Waals surface area contributed by atoms with E-state index in [0.717, 1.165) is 6.07 Å². The average molecular weight is 215 g/mol. The normalized spacial score (nSPS) is 10.8. The predicted octanol–water partition coefficient (Wildman–Crippen LogP) is 2.89. The molecular weight excluding hydrogens is 210 g/mol. The van der Waals surface area contributed by atoms with Gasteiger partial charge in [0.2, 0.25) is 0 Å². The third kappa shape index (κ3) is 1.42. The van der Waals surface area contributed by atoms with Gasteiger partial charge in [0.15, 0.2) is 5.15 Å². The van der Waals surface area contributed by atoms with E-state index in [0.29, 0.717) is 10.8 Å². The maximum Gasteiger partial charge on any atom is 0.159 e. The number of rotatable bonds is 1. The van der Waals surface area contributed by atoms with Gasteiger partial charge in [0.25, 0.3) is 0 Å². The van der Waals surface area contributed by atoms with Crippen molar-refractivity contribution < 1.29 is 8.78 Å². The van der Waals surface area contributed by atoms with E-state index in [2.05, 4.69) is 10.2 Å². The minimum absolute atomic E-state index is 0.0803. The number of benzene rings is 1. The van der Waals surface area contributed by atoms with Crippen LogP contribution < -0.4 is 0 Å². The van der Waals surface area contributed by atoms with E-state index >= 15 is 0 Å². The molecule has 0 amide bonds. The fourth-order valence-corrected chi connectivity index (χ4v) is 1.50. The number of nitrogens with zero attached hydrogens (tertiary/aromatic N) is 2. The molecule has 0 N–H and O–H groups in total. The highest BCUT2D eigenvalue weighted by Crippen LogP contribution is 2.25. The quantitative estimate of drug-likeness (QED) is 0.730. The molecule has 0 fully saturated rings. The first-order chi connectivity index (χ1) is 6.72. The molecule has 1 aromatic carbocycles. The molecule has 72 valence electrons. The van der Waals surface area contributed by atoms with Crippen LogP contribution in [0.25, 0.3) is 10.8 Å². The Morgan fingerprint density at radius 1 is 1.29 bits per heavy atom. The molecule has 0 spiro atoms. The first kappa shape index (κ1) is 9.27. The third-order valence-corrected chi connectivity index (χ3v) is 2.21. The standard InChI is InChI=1S/C9H5ClF2N2/c10-9-7-2-6(12)1-5(3-11)8(7)4-13-14-9/h1-2,4H,3H2. The van der Waals surface area contributed by atoms with Gasteiger partial charge in [-0.25, -0.2) is 8.78 Å². The number of alkyl halides is 1. The molecular formula is C9H5ClF2N2. The minimum Gasteiger partial charge on any atom is -0.246 e. The summed E-state index contributed by atoms with van der Waals surface area (Å²) in [6.45, 7) is -0.754. The van der Waals surface area contributed by atoms with Crippen molar-refractivity contribution in [1.29, 1.82) is 0 Å². The highest BCUT2D eigenvalue weighted by atomic mass is 35.5. The van der Waals surface area contributed by atoms with Crippen molar-refractivity contribution in [2.75, 3.05) is 0 Å². The second-order valence-electron chi connectivity index (χ2n) is 2.80. The summed E-state index contributed by atoms with van der Waals surface area (Å²) >= 11 is 5.70. The van der Waals surface area contributed by atoms with Gasteiger partial charge in [-0.1, -0.05) is 11.6 Å². The lowest BCUT2D eigenvalue weighted by molar-refractivity contribution is 0.485. The van der Waals surface area contributed by atoms with Crippen molar-refractivity contribution in [1.82, 2.24) is 10.2 Å². The van der Waals surface area contributed by atoms with E-state index in [4.69, 9.17) is 11.6 Å². The molecule has 0 bridgehead atoms. The maximum atomic E-state index is 13.0. The van der Waals surface area contributed by atoms with Crippen molar-refractivity contribution in [3.8, 4) is 0 Å². The molecule has 0 saturated carbocycles. The summed E-state index contributed by atoms with van der Waals surface area (Å²) in [7, 11) is 0. The van der Waals surface area contributed by atoms with Crippen molar-refractivity contribution in [3.05, 3.63) is 34.9 Å². The summed E-state index contributed by atoms with van der Waals surface area (Å²) in [5.41, 5.74) is 0.233. The molecule has 0 radical (unpaired) electrons. The number of halogens is 3. The fourth-order valence-electron chi connectivity index (χ4n) is 1.30. The van der Waals surface area contributed by atoms with Crippen LogP contribution in [-0.4, -0.2) is 10.2 Å². The Labute approximate surface area is 83.5 Å². The van der Waals surface area contributed by atoms with Gasteiger partial charge in [-0.3, -0.25) is 0 Å². The molecule has 0 aliphatic rings. The van der Waals surface area contributed by atoms with Gasteiger partial charge >= 0.3 is 0 Å². The second kappa shape index (κ2) is 3.46. The number of hydrogen-bond donors (Lipinski definition) is 0. The molecule has 0 unspecified atom stereocenters. The van der Waals surface area contributed by atoms with E-state index in [-0.39, 0.29) is 10.7 Å². The fraction of sp³-hybridized carbons (Fsp3) is 0.111. The molecule has 0 atom stereocenters. The summed E-state index contributed by atoms with van der Waals surface area (Å²) in [5, 5.41) is 8.09. The Kier molecular flexibility index (Phi) is 2.29. The molecule has 0 saturated heterocycles. The molecule has 1 aromatic heterocycles. The van der Waals surface area contributed by atoms with Crippen LogP contribution in [0.2, 0.25) is 5.15 Å². The molecule has 0 aliphatic carbocycles. The predicted molar refractivity (Wildman–Crippen MR) is 49.3 cm³/mol. The van der Waals surface area contributed by atoms with Crippen LogP contribution in [0.4, 0.5) is 8.78 Å². The monoisotopic (exact) mass is 214 g/mol. The minimum atomic E-state index is -0.754. The zero-order chi connectivity index (χ0) is 10.1. The van der Waals surface area contributed by atoms with Crippen molar-refractivity contribution in [2.45, 2.75) is 6.67 Å². The largest absolute Gasteiger partial charge is 0.246 e. The maximum absolute atomic E-state index is 13.0. The van der Waals surface area contributed by atoms with Crippen LogP contribution in [0, 0.1) is 5.82 Å². The van der Waals surface area contributed by atoms with Gasteiger partial charge in [0.1, 0.15) is 12.5 Å². The van der Waals surface area contributed by atoms with Gasteiger partial charge in [0.05, 0.1) is 6.20 Å². The number of aromatic nitrogens is 2. The Bertz CT molecular complexity index is 487. The van der Waals surface area contributed by atoms with Crippen LogP contribution in [0.15, 0.2) is 18.3 Å². The highest BCUT2D eigenvalue weighted by molar-refractivity contribution is 6.34. The van der Waals surface area contributed by atoms with Crippen molar-refractivity contribution in [2.24, 2.45) is 0 Å². The van der Waals surface area contributed by atoms with E-state index in [1.807, 2.05) is 0 Å². The van der Waals surface area contributed by atoms with Crippen molar-refractivity contribution >= 4 is 22.4 Å². The third-order valence-electron chi connectivity index (χ3n) is 1.93. The summed E-state index contributed by atoms with van der Waals surface area (Å²) in [4.78, 5) is 0. The Hall–Kier alpha value is -1.29. The van der Waals surface area contributed by atoms with Crippen LogP contribution in [0.3, 0.4) is 0 Å². The Morgan fingerprint density at radius 3 is 2.79 bits per heavy atom. The van der Waals surface area contributed by atoms with E-state index in [1.54, 1.807) is 0 Å². The SMILES string of the molecule is FCc1cc(F)cc2c(Cl)nncc12. The zero-order valence-corrected chi connectivity index (χ0v) is 7.72. The summed E-state index contributed by atoms with van der Waals surface area (Å²) < 4.78 is 25.5. The van der Waals surface area contributed by atoms with E-state index in [1.165, 1.54) is 12.3 Å². The van der Waals surface area contributed by atoms with Gasteiger partial charge in [-0.2, -0.15) is 5.10 Å². The van der Waals surface area contributed by atoms with Gasteiger partial charge in [-0.05, 0) is 17.7 Å². The first-order valence-electron chi connectivity index (χ1n) is 3.87. The lowest BCUT2D eigenvalue weighted by atomic mass is 10.1. The van der Waals surface area contributed by atoms with Gasteiger partial charge in [-0.15, -0.1) is 5.10 Å². The molecule has 2 rings (SSSR count). The molecule has 0 aliphatic heterocycles. The zero-order valence-electron chi connectivity index (χ0n) is 6.97. The first-order valence-corrected chi connectivity index (χ1v) is 4.25. The summed E-state index contributed by atoms with van der Waals surface area (Å²) in [5.74, 6) is -0.528. The second-order valence-corrected chi connectivity index (χ2v) is 3.15. The highest BCUT2D eigenvalue weighted by Gasteiger charge is 2.07. The van der Waals surface area contributed by atoms with Crippen LogP contribution in [0.1, 0.15) is 5.56 Å². The van der Waals surface area contributed by atoms with E-state index in [9.17, 15) is 8.78 Å². The van der Waals surface area contributed by atoms with Crippen molar-refractivity contribution in [3.63, 3.8) is 0 Å². The van der Waals surface area contributed by atoms with Crippen LogP contribution in [0.5, 0.6) is 0 Å². The topological polar surface area (TPSA) is 25.8 Å². The van der Waals surface area contributed by atoms with E-state index < -0.39 is 12.5 Å². The van der Waals surface area contributed by atoms with Crippen LogP contribution in [-0.2, 0) is 6.67 Å². The van der Waals surface area contributed by atoms with Gasteiger partial charge < -0.3 is 0 Å². The average Bonchev–Trinajstić information content (AvgIpc) is 2.18.